The minimum atomic E-state index is -0.485. The molecule has 0 bridgehead atoms. The molecule has 0 amide bonds. The number of ether oxygens (including phenoxy) is 1. The topological polar surface area (TPSA) is 52.1 Å². The number of hydrogen-bond donors (Lipinski definition) is 0. The van der Waals surface area contributed by atoms with Gasteiger partial charge in [-0.2, -0.15) is 0 Å². The number of nitrogens with zero attached hydrogens (tertiary/aromatic N) is 2. The van der Waals surface area contributed by atoms with Crippen molar-refractivity contribution in [3.63, 3.8) is 0 Å². The Morgan fingerprint density at radius 2 is 2.00 bits per heavy atom. The summed E-state index contributed by atoms with van der Waals surface area (Å²) in [5.41, 5.74) is 0.208. The van der Waals surface area contributed by atoms with Crippen molar-refractivity contribution in [1.29, 1.82) is 0 Å². The summed E-state index contributed by atoms with van der Waals surface area (Å²) < 4.78 is 5.62. The first-order valence-electron chi connectivity index (χ1n) is 5.03. The molecule has 0 N–H and O–H groups in total. The van der Waals surface area contributed by atoms with Crippen LogP contribution in [0.1, 0.15) is 10.5 Å². The average Bonchev–Trinajstić information content (AvgIpc) is 2.41. The Hall–Kier alpha value is -1.40. The van der Waals surface area contributed by atoms with Crippen molar-refractivity contribution in [2.75, 3.05) is 7.11 Å². The smallest absolute Gasteiger partial charge is 0.358 e. The van der Waals surface area contributed by atoms with E-state index in [-0.39, 0.29) is 5.69 Å². The number of aromatic nitrogens is 2. The van der Waals surface area contributed by atoms with Crippen molar-refractivity contribution in [3.8, 4) is 0 Å². The van der Waals surface area contributed by atoms with E-state index in [4.69, 9.17) is 0 Å². The lowest BCUT2D eigenvalue weighted by molar-refractivity contribution is 0.0592. The molecule has 0 unspecified atom stereocenters. The molecule has 0 saturated carbocycles. The number of methoxy groups -OCH3 is 1. The van der Waals surface area contributed by atoms with Crippen LogP contribution in [0.4, 0.5) is 0 Å². The number of benzene rings is 1. The molecule has 1 aromatic carbocycles. The lowest BCUT2D eigenvalue weighted by Crippen LogP contribution is -2.05. The van der Waals surface area contributed by atoms with Crippen LogP contribution in [0.25, 0.3) is 0 Å². The molecular formula is C12H9BrN2O2S. The van der Waals surface area contributed by atoms with Crippen molar-refractivity contribution in [2.24, 2.45) is 0 Å². The van der Waals surface area contributed by atoms with Gasteiger partial charge in [0.05, 0.1) is 19.5 Å². The van der Waals surface area contributed by atoms with E-state index in [0.717, 1.165) is 9.37 Å². The van der Waals surface area contributed by atoms with E-state index in [0.29, 0.717) is 5.03 Å². The number of rotatable bonds is 3. The second kappa shape index (κ2) is 5.97. The second-order valence-corrected chi connectivity index (χ2v) is 5.30. The Morgan fingerprint density at radius 1 is 1.28 bits per heavy atom. The van der Waals surface area contributed by atoms with Gasteiger partial charge >= 0.3 is 5.97 Å². The molecule has 1 aromatic heterocycles. The fraction of sp³-hybridized carbons (Fsp3) is 0.0833. The summed E-state index contributed by atoms with van der Waals surface area (Å²) in [7, 11) is 1.32. The van der Waals surface area contributed by atoms with Gasteiger partial charge in [0, 0.05) is 9.37 Å². The molecule has 2 aromatic rings. The maximum absolute atomic E-state index is 11.3. The molecule has 0 atom stereocenters. The van der Waals surface area contributed by atoms with Gasteiger partial charge in [-0.15, -0.1) is 0 Å². The van der Waals surface area contributed by atoms with Crippen molar-refractivity contribution in [1.82, 2.24) is 9.97 Å². The standard InChI is InChI=1S/C12H9BrN2O2S/c1-17-12(16)10-6-14-7-11(15-10)18-9-4-2-8(13)3-5-9/h2-7H,1H3. The van der Waals surface area contributed by atoms with E-state index in [1.54, 1.807) is 6.20 Å². The average molecular weight is 325 g/mol. The number of halogens is 1. The number of carbonyl (C=O) groups excluding carboxylic acids is 1. The third-order valence-corrected chi connectivity index (χ3v) is 3.49. The minimum Gasteiger partial charge on any atom is -0.464 e. The SMILES string of the molecule is COC(=O)c1cncc(Sc2ccc(Br)cc2)n1. The fourth-order valence-electron chi connectivity index (χ4n) is 1.22. The molecule has 0 spiro atoms. The predicted molar refractivity (Wildman–Crippen MR) is 71.6 cm³/mol. The van der Waals surface area contributed by atoms with Crippen LogP contribution in [0.2, 0.25) is 0 Å². The Kier molecular flexibility index (Phi) is 4.33. The quantitative estimate of drug-likeness (QED) is 0.811. The van der Waals surface area contributed by atoms with E-state index < -0.39 is 5.97 Å². The van der Waals surface area contributed by atoms with Crippen molar-refractivity contribution in [2.45, 2.75) is 9.92 Å². The van der Waals surface area contributed by atoms with Gasteiger partial charge < -0.3 is 4.74 Å². The van der Waals surface area contributed by atoms with Gasteiger partial charge in [-0.05, 0) is 24.3 Å². The van der Waals surface area contributed by atoms with Gasteiger partial charge in [0.25, 0.3) is 0 Å². The van der Waals surface area contributed by atoms with Crippen LogP contribution >= 0.6 is 27.7 Å². The van der Waals surface area contributed by atoms with E-state index >= 15 is 0 Å². The molecule has 0 fully saturated rings. The Bertz CT molecular complexity index is 560. The first-order chi connectivity index (χ1) is 8.69. The molecule has 0 saturated heterocycles. The zero-order valence-corrected chi connectivity index (χ0v) is 11.9. The van der Waals surface area contributed by atoms with Crippen LogP contribution in [0.15, 0.2) is 51.1 Å². The summed E-state index contributed by atoms with van der Waals surface area (Å²) in [6.07, 6.45) is 3.00. The first kappa shape index (κ1) is 13.0. The maximum Gasteiger partial charge on any atom is 0.358 e. The summed E-state index contributed by atoms with van der Waals surface area (Å²) in [5, 5.41) is 0.653. The number of carbonyl (C=O) groups is 1. The van der Waals surface area contributed by atoms with E-state index in [9.17, 15) is 4.79 Å². The van der Waals surface area contributed by atoms with E-state index in [1.165, 1.54) is 25.1 Å². The molecule has 2 rings (SSSR count). The van der Waals surface area contributed by atoms with Gasteiger partial charge in [0.2, 0.25) is 0 Å². The molecule has 0 aliphatic heterocycles. The Morgan fingerprint density at radius 3 is 2.67 bits per heavy atom. The predicted octanol–water partition coefficient (Wildman–Crippen LogP) is 3.18. The molecule has 4 nitrogen and oxygen atoms in total. The molecule has 92 valence electrons. The third-order valence-electron chi connectivity index (χ3n) is 2.04. The molecule has 18 heavy (non-hydrogen) atoms. The number of hydrogen-bond acceptors (Lipinski definition) is 5. The van der Waals surface area contributed by atoms with Gasteiger partial charge in [-0.3, -0.25) is 4.98 Å². The van der Waals surface area contributed by atoms with Gasteiger partial charge in [0.15, 0.2) is 5.69 Å². The molecule has 0 radical (unpaired) electrons. The highest BCUT2D eigenvalue weighted by atomic mass is 79.9. The largest absolute Gasteiger partial charge is 0.464 e. The summed E-state index contributed by atoms with van der Waals surface area (Å²) in [6, 6.07) is 7.81. The molecule has 6 heteroatoms. The summed E-state index contributed by atoms with van der Waals surface area (Å²) in [4.78, 5) is 20.5. The van der Waals surface area contributed by atoms with Crippen molar-refractivity contribution >= 4 is 33.7 Å². The van der Waals surface area contributed by atoms with Gasteiger partial charge in [0.1, 0.15) is 5.03 Å². The van der Waals surface area contributed by atoms with Crippen molar-refractivity contribution in [3.05, 3.63) is 46.8 Å². The minimum absolute atomic E-state index is 0.208. The van der Waals surface area contributed by atoms with Crippen LogP contribution in [0.5, 0.6) is 0 Å². The van der Waals surface area contributed by atoms with Crippen LogP contribution in [0, 0.1) is 0 Å². The van der Waals surface area contributed by atoms with Crippen molar-refractivity contribution < 1.29 is 9.53 Å². The summed E-state index contributed by atoms with van der Waals surface area (Å²) >= 11 is 4.81. The molecule has 0 aliphatic carbocycles. The Balaban J connectivity index is 2.19. The highest BCUT2D eigenvalue weighted by molar-refractivity contribution is 9.10. The monoisotopic (exact) mass is 324 g/mol. The second-order valence-electron chi connectivity index (χ2n) is 3.29. The van der Waals surface area contributed by atoms with Gasteiger partial charge in [-0.1, -0.05) is 27.7 Å². The van der Waals surface area contributed by atoms with E-state index in [2.05, 4.69) is 30.6 Å². The summed E-state index contributed by atoms with van der Waals surface area (Å²) in [6.45, 7) is 0. The van der Waals surface area contributed by atoms with Crippen LogP contribution in [-0.2, 0) is 4.74 Å². The van der Waals surface area contributed by atoms with Gasteiger partial charge in [-0.25, -0.2) is 9.78 Å². The lowest BCUT2D eigenvalue weighted by atomic mass is 10.4. The normalized spacial score (nSPS) is 10.1. The van der Waals surface area contributed by atoms with E-state index in [1.807, 2.05) is 24.3 Å². The van der Waals surface area contributed by atoms with Crippen LogP contribution < -0.4 is 0 Å². The molecule has 1 heterocycles. The third kappa shape index (κ3) is 3.30. The zero-order chi connectivity index (χ0) is 13.0. The molecular weight excluding hydrogens is 316 g/mol. The highest BCUT2D eigenvalue weighted by Gasteiger charge is 2.09. The Labute approximate surface area is 117 Å². The lowest BCUT2D eigenvalue weighted by Gasteiger charge is -2.02. The first-order valence-corrected chi connectivity index (χ1v) is 6.64. The molecule has 0 aliphatic rings. The number of esters is 1. The highest BCUT2D eigenvalue weighted by Crippen LogP contribution is 2.26. The van der Waals surface area contributed by atoms with Crippen LogP contribution in [-0.4, -0.2) is 23.0 Å². The zero-order valence-electron chi connectivity index (χ0n) is 9.46. The fourth-order valence-corrected chi connectivity index (χ4v) is 2.26. The summed E-state index contributed by atoms with van der Waals surface area (Å²) in [5.74, 6) is -0.485. The maximum atomic E-state index is 11.3. The van der Waals surface area contributed by atoms with Crippen LogP contribution in [0.3, 0.4) is 0 Å².